The summed E-state index contributed by atoms with van der Waals surface area (Å²) in [5.41, 5.74) is 0.697. The molecule has 0 fully saturated rings. The highest BCUT2D eigenvalue weighted by Gasteiger charge is 2.20. The van der Waals surface area contributed by atoms with Crippen LogP contribution in [-0.4, -0.2) is 28.2 Å². The van der Waals surface area contributed by atoms with Crippen LogP contribution in [0.3, 0.4) is 0 Å². The van der Waals surface area contributed by atoms with Crippen molar-refractivity contribution >= 4 is 11.9 Å². The standard InChI is InChI=1S/C9H12N2O4/c1-3-7(9(13)14)10-8(12)6-4-15-11-5(6)2/h4,7H,3H2,1-2H3,(H,10,12)(H,13,14). The van der Waals surface area contributed by atoms with Crippen LogP contribution in [0.2, 0.25) is 0 Å². The predicted molar refractivity (Wildman–Crippen MR) is 50.4 cm³/mol. The smallest absolute Gasteiger partial charge is 0.326 e. The zero-order chi connectivity index (χ0) is 11.4. The van der Waals surface area contributed by atoms with Crippen molar-refractivity contribution in [1.29, 1.82) is 0 Å². The minimum Gasteiger partial charge on any atom is -0.480 e. The van der Waals surface area contributed by atoms with Crippen molar-refractivity contribution in [3.8, 4) is 0 Å². The molecule has 1 heterocycles. The number of amides is 1. The van der Waals surface area contributed by atoms with E-state index in [1.807, 2.05) is 0 Å². The molecule has 1 amide bonds. The van der Waals surface area contributed by atoms with Gasteiger partial charge in [-0.25, -0.2) is 4.79 Å². The van der Waals surface area contributed by atoms with Crippen molar-refractivity contribution < 1.29 is 19.2 Å². The van der Waals surface area contributed by atoms with Crippen molar-refractivity contribution in [3.63, 3.8) is 0 Å². The molecule has 1 aromatic rings. The number of carboxylic acids is 1. The first kappa shape index (κ1) is 11.2. The average molecular weight is 212 g/mol. The molecule has 1 unspecified atom stereocenters. The van der Waals surface area contributed by atoms with Gasteiger partial charge in [0.1, 0.15) is 17.9 Å². The Bertz CT molecular complexity index is 372. The molecule has 82 valence electrons. The fourth-order valence-electron chi connectivity index (χ4n) is 1.08. The van der Waals surface area contributed by atoms with E-state index in [-0.39, 0.29) is 5.56 Å². The maximum absolute atomic E-state index is 11.5. The van der Waals surface area contributed by atoms with E-state index in [4.69, 9.17) is 5.11 Å². The number of hydrogen-bond acceptors (Lipinski definition) is 4. The predicted octanol–water partition coefficient (Wildman–Crippen LogP) is 0.576. The average Bonchev–Trinajstić information content (AvgIpc) is 2.60. The van der Waals surface area contributed by atoms with Crippen LogP contribution >= 0.6 is 0 Å². The molecule has 1 atom stereocenters. The fraction of sp³-hybridized carbons (Fsp3) is 0.444. The molecular weight excluding hydrogens is 200 g/mol. The normalized spacial score (nSPS) is 12.1. The Balaban J connectivity index is 2.71. The molecular formula is C9H12N2O4. The molecule has 2 N–H and O–H groups in total. The van der Waals surface area contributed by atoms with Gasteiger partial charge in [-0.1, -0.05) is 12.1 Å². The first-order chi connectivity index (χ1) is 7.06. The number of rotatable bonds is 4. The molecule has 0 saturated heterocycles. The number of hydrogen-bond donors (Lipinski definition) is 2. The maximum Gasteiger partial charge on any atom is 0.326 e. The molecule has 15 heavy (non-hydrogen) atoms. The highest BCUT2D eigenvalue weighted by atomic mass is 16.5. The van der Waals surface area contributed by atoms with E-state index in [0.29, 0.717) is 12.1 Å². The molecule has 0 radical (unpaired) electrons. The van der Waals surface area contributed by atoms with E-state index in [2.05, 4.69) is 15.0 Å². The molecule has 0 aliphatic carbocycles. The zero-order valence-electron chi connectivity index (χ0n) is 8.48. The Hall–Kier alpha value is -1.85. The summed E-state index contributed by atoms with van der Waals surface area (Å²) < 4.78 is 4.58. The summed E-state index contributed by atoms with van der Waals surface area (Å²) in [5.74, 6) is -1.54. The molecule has 0 spiro atoms. The van der Waals surface area contributed by atoms with Gasteiger partial charge >= 0.3 is 5.97 Å². The monoisotopic (exact) mass is 212 g/mol. The molecule has 1 aromatic heterocycles. The van der Waals surface area contributed by atoms with E-state index in [1.165, 1.54) is 6.26 Å². The van der Waals surface area contributed by atoms with Gasteiger partial charge in [0, 0.05) is 0 Å². The Kier molecular flexibility index (Phi) is 3.43. The van der Waals surface area contributed by atoms with Crippen LogP contribution in [0.5, 0.6) is 0 Å². The third-order valence-corrected chi connectivity index (χ3v) is 2.01. The molecule has 0 bridgehead atoms. The van der Waals surface area contributed by atoms with Crippen molar-refractivity contribution in [3.05, 3.63) is 17.5 Å². The van der Waals surface area contributed by atoms with Crippen LogP contribution in [0.1, 0.15) is 29.4 Å². The van der Waals surface area contributed by atoms with Gasteiger partial charge in [0.05, 0.1) is 5.69 Å². The summed E-state index contributed by atoms with van der Waals surface area (Å²) in [6.45, 7) is 3.29. The van der Waals surface area contributed by atoms with Gasteiger partial charge in [-0.05, 0) is 13.3 Å². The highest BCUT2D eigenvalue weighted by molar-refractivity contribution is 5.97. The molecule has 6 nitrogen and oxygen atoms in total. The molecule has 0 aliphatic rings. The lowest BCUT2D eigenvalue weighted by molar-refractivity contribution is -0.139. The van der Waals surface area contributed by atoms with E-state index in [1.54, 1.807) is 13.8 Å². The number of aliphatic carboxylic acids is 1. The number of carbonyl (C=O) groups is 2. The number of aromatic nitrogens is 1. The van der Waals surface area contributed by atoms with Gasteiger partial charge in [0.15, 0.2) is 0 Å². The van der Waals surface area contributed by atoms with Crippen molar-refractivity contribution in [2.75, 3.05) is 0 Å². The van der Waals surface area contributed by atoms with Gasteiger partial charge in [0.2, 0.25) is 0 Å². The molecule has 0 saturated carbocycles. The first-order valence-corrected chi connectivity index (χ1v) is 4.51. The summed E-state index contributed by atoms with van der Waals surface area (Å²) in [5, 5.41) is 14.6. The topological polar surface area (TPSA) is 92.4 Å². The lowest BCUT2D eigenvalue weighted by atomic mass is 10.2. The molecule has 0 aliphatic heterocycles. The van der Waals surface area contributed by atoms with Gasteiger partial charge < -0.3 is 14.9 Å². The zero-order valence-corrected chi connectivity index (χ0v) is 8.48. The molecule has 6 heteroatoms. The van der Waals surface area contributed by atoms with Crippen molar-refractivity contribution in [2.45, 2.75) is 26.3 Å². The quantitative estimate of drug-likeness (QED) is 0.761. The Morgan fingerprint density at radius 1 is 1.67 bits per heavy atom. The summed E-state index contributed by atoms with van der Waals surface area (Å²) in [4.78, 5) is 22.2. The number of aryl methyl sites for hydroxylation is 1. The number of nitrogens with zero attached hydrogens (tertiary/aromatic N) is 1. The van der Waals surface area contributed by atoms with Crippen LogP contribution < -0.4 is 5.32 Å². The third-order valence-electron chi connectivity index (χ3n) is 2.01. The van der Waals surface area contributed by atoms with Crippen LogP contribution in [-0.2, 0) is 4.79 Å². The van der Waals surface area contributed by atoms with E-state index >= 15 is 0 Å². The number of carbonyl (C=O) groups excluding carboxylic acids is 1. The number of nitrogens with one attached hydrogen (secondary N) is 1. The minimum atomic E-state index is -1.06. The van der Waals surface area contributed by atoms with Gasteiger partial charge in [-0.3, -0.25) is 4.79 Å². The summed E-state index contributed by atoms with van der Waals surface area (Å²) in [6.07, 6.45) is 1.52. The minimum absolute atomic E-state index is 0.259. The van der Waals surface area contributed by atoms with E-state index < -0.39 is 17.9 Å². The third kappa shape index (κ3) is 2.55. The number of carboxylic acid groups (broad SMARTS) is 1. The largest absolute Gasteiger partial charge is 0.480 e. The summed E-state index contributed by atoms with van der Waals surface area (Å²) in [7, 11) is 0. The SMILES string of the molecule is CCC(NC(=O)c1conc1C)C(=O)O. The summed E-state index contributed by atoms with van der Waals surface area (Å²) >= 11 is 0. The van der Waals surface area contributed by atoms with E-state index in [9.17, 15) is 9.59 Å². The maximum atomic E-state index is 11.5. The second kappa shape index (κ2) is 4.59. The summed E-state index contributed by atoms with van der Waals surface area (Å²) in [6, 6.07) is -0.883. The Labute approximate surface area is 86.3 Å². The van der Waals surface area contributed by atoms with Crippen molar-refractivity contribution in [1.82, 2.24) is 10.5 Å². The lowest BCUT2D eigenvalue weighted by Crippen LogP contribution is -2.40. The first-order valence-electron chi connectivity index (χ1n) is 4.51. The van der Waals surface area contributed by atoms with Gasteiger partial charge in [-0.15, -0.1) is 0 Å². The van der Waals surface area contributed by atoms with Crippen LogP contribution in [0.4, 0.5) is 0 Å². The molecule has 0 aromatic carbocycles. The second-order valence-electron chi connectivity index (χ2n) is 3.09. The van der Waals surface area contributed by atoms with Crippen LogP contribution in [0.15, 0.2) is 10.8 Å². The second-order valence-corrected chi connectivity index (χ2v) is 3.09. The Morgan fingerprint density at radius 2 is 2.33 bits per heavy atom. The lowest BCUT2D eigenvalue weighted by Gasteiger charge is -2.10. The van der Waals surface area contributed by atoms with Crippen LogP contribution in [0.25, 0.3) is 0 Å². The van der Waals surface area contributed by atoms with Crippen LogP contribution in [0, 0.1) is 6.92 Å². The van der Waals surface area contributed by atoms with E-state index in [0.717, 1.165) is 0 Å². The highest BCUT2D eigenvalue weighted by Crippen LogP contribution is 2.05. The Morgan fingerprint density at radius 3 is 2.73 bits per heavy atom. The van der Waals surface area contributed by atoms with Gasteiger partial charge in [-0.2, -0.15) is 0 Å². The fourth-order valence-corrected chi connectivity index (χ4v) is 1.08. The molecule has 1 rings (SSSR count). The van der Waals surface area contributed by atoms with Gasteiger partial charge in [0.25, 0.3) is 5.91 Å². The van der Waals surface area contributed by atoms with Crippen molar-refractivity contribution in [2.24, 2.45) is 0 Å².